The minimum Gasteiger partial charge on any atom is -0.478 e. The minimum atomic E-state index is -1.17. The third-order valence-electron chi connectivity index (χ3n) is 2.09. The molecule has 4 heteroatoms. The normalized spacial score (nSPS) is 13.5. The Labute approximate surface area is 102 Å². The molecule has 96 valence electrons. The predicted octanol–water partition coefficient (Wildman–Crippen LogP) is 2.08. The van der Waals surface area contributed by atoms with E-state index in [4.69, 9.17) is 9.84 Å². The number of carbonyl (C=O) groups is 2. The predicted molar refractivity (Wildman–Crippen MR) is 64.2 cm³/mol. The van der Waals surface area contributed by atoms with Crippen LogP contribution in [0.4, 0.5) is 0 Å². The van der Waals surface area contributed by atoms with Crippen molar-refractivity contribution in [2.45, 2.75) is 46.6 Å². The zero-order valence-corrected chi connectivity index (χ0v) is 10.8. The fraction of sp³-hybridized carbons (Fsp3) is 0.692. The summed E-state index contributed by atoms with van der Waals surface area (Å²) in [5.41, 5.74) is 0. The molecule has 0 aliphatic heterocycles. The Morgan fingerprint density at radius 3 is 2.29 bits per heavy atom. The molecule has 0 bridgehead atoms. The van der Waals surface area contributed by atoms with Gasteiger partial charge < -0.3 is 9.84 Å². The van der Waals surface area contributed by atoms with Crippen LogP contribution in [0.25, 0.3) is 0 Å². The van der Waals surface area contributed by atoms with Crippen molar-refractivity contribution < 1.29 is 19.4 Å². The molecule has 0 saturated carbocycles. The van der Waals surface area contributed by atoms with Gasteiger partial charge in [0.1, 0.15) is 0 Å². The summed E-state index contributed by atoms with van der Waals surface area (Å²) >= 11 is 0. The molecule has 0 aromatic heterocycles. The summed E-state index contributed by atoms with van der Waals surface area (Å²) < 4.78 is 4.83. The van der Waals surface area contributed by atoms with Gasteiger partial charge in [0.25, 0.3) is 0 Å². The highest BCUT2D eigenvalue weighted by Crippen LogP contribution is 2.18. The van der Waals surface area contributed by atoms with E-state index in [2.05, 4.69) is 11.8 Å². The highest BCUT2D eigenvalue weighted by Gasteiger charge is 2.30. The van der Waals surface area contributed by atoms with Gasteiger partial charge in [0.05, 0.1) is 5.92 Å². The van der Waals surface area contributed by atoms with Crippen molar-refractivity contribution in [3.63, 3.8) is 0 Å². The lowest BCUT2D eigenvalue weighted by molar-refractivity contribution is -0.165. The molecule has 2 atom stereocenters. The second-order valence-electron chi connectivity index (χ2n) is 4.28. The molecule has 0 aromatic rings. The number of ether oxygens (including phenoxy) is 1. The van der Waals surface area contributed by atoms with Crippen LogP contribution in [0.5, 0.6) is 0 Å². The van der Waals surface area contributed by atoms with Crippen molar-refractivity contribution in [2.24, 2.45) is 11.8 Å². The summed E-state index contributed by atoms with van der Waals surface area (Å²) in [6.45, 7) is 7.05. The molecule has 0 amide bonds. The molecule has 17 heavy (non-hydrogen) atoms. The van der Waals surface area contributed by atoms with Gasteiger partial charge in [0.15, 0.2) is 0 Å². The highest BCUT2D eigenvalue weighted by atomic mass is 16.6. The highest BCUT2D eigenvalue weighted by molar-refractivity contribution is 5.77. The van der Waals surface area contributed by atoms with Crippen molar-refractivity contribution in [2.75, 3.05) is 0 Å². The molecule has 0 rings (SSSR count). The van der Waals surface area contributed by atoms with E-state index in [1.807, 2.05) is 20.8 Å². The van der Waals surface area contributed by atoms with Crippen molar-refractivity contribution in [3.05, 3.63) is 0 Å². The standard InChI is InChI=1S/C13H20O4/c1-5-6-7-11(8-9(2)3)12(13(15)16)17-10(4)14/h9,11-12H,5,8H2,1-4H3,(H,15,16). The quantitative estimate of drug-likeness (QED) is 0.590. The molecule has 2 unspecified atom stereocenters. The van der Waals surface area contributed by atoms with E-state index < -0.39 is 24.0 Å². The lowest BCUT2D eigenvalue weighted by Crippen LogP contribution is -2.34. The molecular formula is C13H20O4. The SMILES string of the molecule is CCC#CC(CC(C)C)C(OC(C)=O)C(=O)O. The number of rotatable bonds is 5. The Morgan fingerprint density at radius 1 is 1.35 bits per heavy atom. The second-order valence-corrected chi connectivity index (χ2v) is 4.28. The van der Waals surface area contributed by atoms with E-state index in [1.165, 1.54) is 6.92 Å². The Balaban J connectivity index is 4.92. The van der Waals surface area contributed by atoms with Gasteiger partial charge in [-0.15, -0.1) is 5.92 Å². The van der Waals surface area contributed by atoms with Gasteiger partial charge in [0.2, 0.25) is 6.10 Å². The number of carboxylic acids is 1. The van der Waals surface area contributed by atoms with Gasteiger partial charge in [-0.05, 0) is 12.3 Å². The molecule has 0 aliphatic rings. The first kappa shape index (κ1) is 15.5. The maximum absolute atomic E-state index is 11.1. The van der Waals surface area contributed by atoms with Crippen LogP contribution in [0.1, 0.15) is 40.5 Å². The lowest BCUT2D eigenvalue weighted by atomic mass is 9.92. The van der Waals surface area contributed by atoms with Crippen LogP contribution in [0, 0.1) is 23.7 Å². The van der Waals surface area contributed by atoms with Crippen LogP contribution in [0.15, 0.2) is 0 Å². The van der Waals surface area contributed by atoms with Gasteiger partial charge in [-0.1, -0.05) is 26.7 Å². The fourth-order valence-corrected chi connectivity index (χ4v) is 1.48. The van der Waals surface area contributed by atoms with Gasteiger partial charge in [-0.25, -0.2) is 4.79 Å². The van der Waals surface area contributed by atoms with E-state index in [0.29, 0.717) is 18.8 Å². The third-order valence-corrected chi connectivity index (χ3v) is 2.09. The Morgan fingerprint density at radius 2 is 1.94 bits per heavy atom. The van der Waals surface area contributed by atoms with Crippen LogP contribution >= 0.6 is 0 Å². The molecule has 0 spiro atoms. The van der Waals surface area contributed by atoms with Crippen LogP contribution in [0.3, 0.4) is 0 Å². The van der Waals surface area contributed by atoms with Crippen LogP contribution in [-0.2, 0) is 14.3 Å². The average molecular weight is 240 g/mol. The van der Waals surface area contributed by atoms with Crippen LogP contribution in [-0.4, -0.2) is 23.1 Å². The number of carboxylic acid groups (broad SMARTS) is 1. The van der Waals surface area contributed by atoms with Crippen LogP contribution < -0.4 is 0 Å². The lowest BCUT2D eigenvalue weighted by Gasteiger charge is -2.20. The average Bonchev–Trinajstić information content (AvgIpc) is 2.19. The summed E-state index contributed by atoms with van der Waals surface area (Å²) in [5, 5.41) is 9.06. The molecule has 0 saturated heterocycles. The van der Waals surface area contributed by atoms with Gasteiger partial charge in [-0.3, -0.25) is 4.79 Å². The molecule has 1 N–H and O–H groups in total. The van der Waals surface area contributed by atoms with E-state index in [1.54, 1.807) is 0 Å². The smallest absolute Gasteiger partial charge is 0.346 e. The van der Waals surface area contributed by atoms with E-state index >= 15 is 0 Å². The zero-order chi connectivity index (χ0) is 13.4. The molecule has 0 radical (unpaired) electrons. The summed E-state index contributed by atoms with van der Waals surface area (Å²) in [4.78, 5) is 22.0. The molecule has 0 aliphatic carbocycles. The number of hydrogen-bond donors (Lipinski definition) is 1. The van der Waals surface area contributed by atoms with Crippen molar-refractivity contribution >= 4 is 11.9 Å². The summed E-state index contributed by atoms with van der Waals surface area (Å²) in [6, 6.07) is 0. The van der Waals surface area contributed by atoms with Crippen molar-refractivity contribution in [1.29, 1.82) is 0 Å². The molecule has 0 heterocycles. The number of esters is 1. The van der Waals surface area contributed by atoms with E-state index in [-0.39, 0.29) is 0 Å². The fourth-order valence-electron chi connectivity index (χ4n) is 1.48. The van der Waals surface area contributed by atoms with Crippen molar-refractivity contribution in [3.8, 4) is 11.8 Å². The van der Waals surface area contributed by atoms with E-state index in [0.717, 1.165) is 0 Å². The maximum Gasteiger partial charge on any atom is 0.346 e. The summed E-state index contributed by atoms with van der Waals surface area (Å²) in [5.74, 6) is 3.85. The monoisotopic (exact) mass is 240 g/mol. The summed E-state index contributed by atoms with van der Waals surface area (Å²) in [7, 11) is 0. The Kier molecular flexibility index (Phi) is 7.04. The number of carbonyl (C=O) groups excluding carboxylic acids is 1. The maximum atomic E-state index is 11.1. The Hall–Kier alpha value is -1.50. The van der Waals surface area contributed by atoms with Gasteiger partial charge >= 0.3 is 11.9 Å². The largest absolute Gasteiger partial charge is 0.478 e. The molecule has 0 aromatic carbocycles. The number of hydrogen-bond acceptors (Lipinski definition) is 3. The number of aliphatic carboxylic acids is 1. The molecule has 0 fully saturated rings. The van der Waals surface area contributed by atoms with Gasteiger partial charge in [0, 0.05) is 13.3 Å². The summed E-state index contributed by atoms with van der Waals surface area (Å²) in [6.07, 6.45) is 0.0760. The topological polar surface area (TPSA) is 63.6 Å². The van der Waals surface area contributed by atoms with Gasteiger partial charge in [-0.2, -0.15) is 0 Å². The second kappa shape index (κ2) is 7.72. The first-order valence-corrected chi connectivity index (χ1v) is 5.76. The Bertz CT molecular complexity index is 322. The first-order valence-electron chi connectivity index (χ1n) is 5.76. The van der Waals surface area contributed by atoms with E-state index in [9.17, 15) is 9.59 Å². The zero-order valence-electron chi connectivity index (χ0n) is 10.8. The molecular weight excluding hydrogens is 220 g/mol. The minimum absolute atomic E-state index is 0.295. The van der Waals surface area contributed by atoms with Crippen molar-refractivity contribution in [1.82, 2.24) is 0 Å². The molecule has 4 nitrogen and oxygen atoms in total. The first-order chi connectivity index (χ1) is 7.88. The van der Waals surface area contributed by atoms with Crippen LogP contribution in [0.2, 0.25) is 0 Å². The third kappa shape index (κ3) is 6.62.